The zero-order chi connectivity index (χ0) is 22.1. The van der Waals surface area contributed by atoms with Gasteiger partial charge in [-0.2, -0.15) is 0 Å². The van der Waals surface area contributed by atoms with Gasteiger partial charge in [0.25, 0.3) is 0 Å². The summed E-state index contributed by atoms with van der Waals surface area (Å²) in [6.45, 7) is 6.09. The number of nitrogens with one attached hydrogen (secondary N) is 2. The summed E-state index contributed by atoms with van der Waals surface area (Å²) in [5.41, 5.74) is 0.818. The molecule has 2 aromatic heterocycles. The van der Waals surface area contributed by atoms with Crippen LogP contribution in [0.2, 0.25) is 0 Å². The van der Waals surface area contributed by atoms with E-state index in [0.29, 0.717) is 19.0 Å². The van der Waals surface area contributed by atoms with Crippen LogP contribution in [0.5, 0.6) is 5.75 Å². The van der Waals surface area contributed by atoms with Gasteiger partial charge in [0.1, 0.15) is 12.2 Å². The smallest absolute Gasteiger partial charge is 0.191 e. The van der Waals surface area contributed by atoms with Gasteiger partial charge in [-0.05, 0) is 36.1 Å². The standard InChI is InChI=1S/C22H29FN6OS/c1-4-21-28-26-15-29(21)12-11-25-22(24-10-9-18-6-5-13-31-18)27-16(2)17-7-8-20(30-3)19(23)14-17/h5-8,13-16H,4,9-12H2,1-3H3,(H2,24,25,27). The van der Waals surface area contributed by atoms with Crippen LogP contribution >= 0.6 is 11.3 Å². The number of guanidine groups is 1. The third kappa shape index (κ3) is 6.52. The number of rotatable bonds is 10. The first-order valence-electron chi connectivity index (χ1n) is 10.4. The van der Waals surface area contributed by atoms with Crippen LogP contribution in [0.3, 0.4) is 0 Å². The zero-order valence-electron chi connectivity index (χ0n) is 18.1. The summed E-state index contributed by atoms with van der Waals surface area (Å²) in [5.74, 6) is 1.50. The molecule has 31 heavy (non-hydrogen) atoms. The maximum Gasteiger partial charge on any atom is 0.191 e. The van der Waals surface area contributed by atoms with Crippen LogP contribution < -0.4 is 15.4 Å². The highest BCUT2D eigenvalue weighted by Crippen LogP contribution is 2.21. The monoisotopic (exact) mass is 444 g/mol. The van der Waals surface area contributed by atoms with E-state index >= 15 is 0 Å². The molecule has 0 aliphatic rings. The minimum atomic E-state index is -0.377. The third-order valence-corrected chi connectivity index (χ3v) is 5.83. The van der Waals surface area contributed by atoms with Crippen LogP contribution in [0.1, 0.15) is 36.2 Å². The Balaban J connectivity index is 1.64. The SMILES string of the molecule is CCc1nncn1CCNC(=NCCc1cccs1)NC(C)c1ccc(OC)c(F)c1. The van der Waals surface area contributed by atoms with Gasteiger partial charge in [-0.3, -0.25) is 4.99 Å². The normalized spacial score (nSPS) is 12.6. The van der Waals surface area contributed by atoms with Gasteiger partial charge in [-0.15, -0.1) is 21.5 Å². The molecule has 0 spiro atoms. The number of aryl methyl sites for hydroxylation is 1. The molecule has 1 unspecified atom stereocenters. The van der Waals surface area contributed by atoms with Crippen LogP contribution in [0.4, 0.5) is 4.39 Å². The quantitative estimate of drug-likeness (QED) is 0.369. The van der Waals surface area contributed by atoms with Gasteiger partial charge >= 0.3 is 0 Å². The Morgan fingerprint density at radius 3 is 2.94 bits per heavy atom. The Kier molecular flexibility index (Phi) is 8.40. The van der Waals surface area contributed by atoms with Crippen molar-refractivity contribution in [1.82, 2.24) is 25.4 Å². The summed E-state index contributed by atoms with van der Waals surface area (Å²) in [5, 5.41) is 16.9. The summed E-state index contributed by atoms with van der Waals surface area (Å²) in [7, 11) is 1.46. The molecular formula is C22H29FN6OS. The van der Waals surface area contributed by atoms with Crippen molar-refractivity contribution in [2.75, 3.05) is 20.2 Å². The predicted octanol–water partition coefficient (Wildman–Crippen LogP) is 3.59. The van der Waals surface area contributed by atoms with Crippen molar-refractivity contribution in [2.24, 2.45) is 4.99 Å². The third-order valence-electron chi connectivity index (χ3n) is 4.89. The molecule has 0 bridgehead atoms. The first kappa shape index (κ1) is 22.7. The highest BCUT2D eigenvalue weighted by Gasteiger charge is 2.12. The van der Waals surface area contributed by atoms with Crippen molar-refractivity contribution >= 4 is 17.3 Å². The fourth-order valence-corrected chi connectivity index (χ4v) is 3.86. The lowest BCUT2D eigenvalue weighted by Crippen LogP contribution is -2.40. The summed E-state index contributed by atoms with van der Waals surface area (Å²) < 4.78 is 21.2. The van der Waals surface area contributed by atoms with Crippen molar-refractivity contribution < 1.29 is 9.13 Å². The Morgan fingerprint density at radius 1 is 1.35 bits per heavy atom. The first-order chi connectivity index (χ1) is 15.1. The Bertz CT molecular complexity index is 972. The van der Waals surface area contributed by atoms with Gasteiger partial charge in [-0.25, -0.2) is 4.39 Å². The van der Waals surface area contributed by atoms with Crippen molar-refractivity contribution in [3.8, 4) is 5.75 Å². The lowest BCUT2D eigenvalue weighted by molar-refractivity contribution is 0.386. The highest BCUT2D eigenvalue weighted by atomic mass is 32.1. The molecule has 3 rings (SSSR count). The average Bonchev–Trinajstić information content (AvgIpc) is 3.45. The number of hydrogen-bond donors (Lipinski definition) is 2. The lowest BCUT2D eigenvalue weighted by atomic mass is 10.1. The van der Waals surface area contributed by atoms with E-state index in [1.807, 2.05) is 23.6 Å². The molecule has 0 saturated carbocycles. The molecule has 1 atom stereocenters. The summed E-state index contributed by atoms with van der Waals surface area (Å²) >= 11 is 1.73. The number of thiophene rings is 1. The van der Waals surface area contributed by atoms with Crippen molar-refractivity contribution in [2.45, 2.75) is 39.3 Å². The summed E-state index contributed by atoms with van der Waals surface area (Å²) in [6.07, 6.45) is 3.45. The predicted molar refractivity (Wildman–Crippen MR) is 122 cm³/mol. The lowest BCUT2D eigenvalue weighted by Gasteiger charge is -2.19. The van der Waals surface area contributed by atoms with E-state index in [9.17, 15) is 4.39 Å². The highest BCUT2D eigenvalue weighted by molar-refractivity contribution is 7.09. The van der Waals surface area contributed by atoms with Crippen LogP contribution in [-0.4, -0.2) is 40.9 Å². The minimum absolute atomic E-state index is 0.130. The van der Waals surface area contributed by atoms with Crippen molar-refractivity contribution in [1.29, 1.82) is 0 Å². The topological polar surface area (TPSA) is 76.4 Å². The molecular weight excluding hydrogens is 415 g/mol. The second-order valence-electron chi connectivity index (χ2n) is 7.04. The minimum Gasteiger partial charge on any atom is -0.494 e. The van der Waals surface area contributed by atoms with Crippen LogP contribution in [0, 0.1) is 5.82 Å². The maximum absolute atomic E-state index is 14.1. The number of aliphatic imine (C=N–C) groups is 1. The summed E-state index contributed by atoms with van der Waals surface area (Å²) in [4.78, 5) is 6.02. The first-order valence-corrected chi connectivity index (χ1v) is 11.3. The largest absolute Gasteiger partial charge is 0.494 e. The number of nitrogens with zero attached hydrogens (tertiary/aromatic N) is 4. The van der Waals surface area contributed by atoms with Crippen molar-refractivity contribution in [3.05, 3.63) is 64.1 Å². The van der Waals surface area contributed by atoms with E-state index < -0.39 is 0 Å². The molecule has 3 aromatic rings. The number of methoxy groups -OCH3 is 1. The molecule has 0 aliphatic carbocycles. The molecule has 2 heterocycles. The Labute approximate surface area is 186 Å². The van der Waals surface area contributed by atoms with Gasteiger partial charge in [0.15, 0.2) is 17.5 Å². The van der Waals surface area contributed by atoms with Crippen LogP contribution in [0.15, 0.2) is 47.0 Å². The molecule has 0 amide bonds. The van der Waals surface area contributed by atoms with Gasteiger partial charge in [0.05, 0.1) is 13.2 Å². The molecule has 166 valence electrons. The summed E-state index contributed by atoms with van der Waals surface area (Å²) in [6, 6.07) is 9.02. The molecule has 2 N–H and O–H groups in total. The van der Waals surface area contributed by atoms with Gasteiger partial charge < -0.3 is 19.9 Å². The molecule has 7 nitrogen and oxygen atoms in total. The number of benzene rings is 1. The Morgan fingerprint density at radius 2 is 2.23 bits per heavy atom. The van der Waals surface area contributed by atoms with E-state index in [1.54, 1.807) is 23.7 Å². The molecule has 1 aromatic carbocycles. The fraction of sp³-hybridized carbons (Fsp3) is 0.409. The van der Waals surface area contributed by atoms with Crippen LogP contribution in [0.25, 0.3) is 0 Å². The van der Waals surface area contributed by atoms with E-state index in [4.69, 9.17) is 9.73 Å². The number of ether oxygens (including phenoxy) is 1. The van der Waals surface area contributed by atoms with Gasteiger partial charge in [-0.1, -0.05) is 19.1 Å². The maximum atomic E-state index is 14.1. The van der Waals surface area contributed by atoms with Gasteiger partial charge in [0.2, 0.25) is 0 Å². The Hall–Kier alpha value is -2.94. The van der Waals surface area contributed by atoms with E-state index in [2.05, 4.69) is 39.2 Å². The number of halogens is 1. The van der Waals surface area contributed by atoms with Gasteiger partial charge in [0, 0.05) is 37.4 Å². The second kappa shape index (κ2) is 11.5. The van der Waals surface area contributed by atoms with E-state index in [0.717, 1.165) is 30.8 Å². The average molecular weight is 445 g/mol. The zero-order valence-corrected chi connectivity index (χ0v) is 19.0. The molecule has 0 radical (unpaired) electrons. The molecule has 0 saturated heterocycles. The van der Waals surface area contributed by atoms with Crippen molar-refractivity contribution in [3.63, 3.8) is 0 Å². The molecule has 0 aliphatic heterocycles. The number of hydrogen-bond acceptors (Lipinski definition) is 5. The molecule has 0 fully saturated rings. The second-order valence-corrected chi connectivity index (χ2v) is 8.07. The fourth-order valence-electron chi connectivity index (χ4n) is 3.16. The van der Waals surface area contributed by atoms with E-state index in [1.165, 1.54) is 18.1 Å². The molecule has 9 heteroatoms. The van der Waals surface area contributed by atoms with Crippen LogP contribution in [-0.2, 0) is 19.4 Å². The number of aromatic nitrogens is 3. The van der Waals surface area contributed by atoms with E-state index in [-0.39, 0.29) is 17.6 Å².